The molecule has 170 valence electrons. The summed E-state index contributed by atoms with van der Waals surface area (Å²) in [5.41, 5.74) is 2.14. The van der Waals surface area contributed by atoms with Gasteiger partial charge < -0.3 is 14.8 Å². The molecule has 0 heterocycles. The first-order valence-electron chi connectivity index (χ1n) is 11.0. The zero-order valence-electron chi connectivity index (χ0n) is 19.0. The van der Waals surface area contributed by atoms with Gasteiger partial charge in [-0.05, 0) is 30.0 Å². The van der Waals surface area contributed by atoms with Gasteiger partial charge in [-0.1, -0.05) is 91.0 Å². The molecule has 3 aromatic rings. The molecule has 0 aliphatic rings. The minimum Gasteiger partial charge on any atom is -0.467 e. The van der Waals surface area contributed by atoms with Crippen LogP contribution in [-0.2, 0) is 24.5 Å². The fourth-order valence-corrected chi connectivity index (χ4v) is 4.20. The quantitative estimate of drug-likeness (QED) is 0.371. The summed E-state index contributed by atoms with van der Waals surface area (Å²) in [4.78, 5) is 37.2. The van der Waals surface area contributed by atoms with Gasteiger partial charge in [0.05, 0.1) is 12.5 Å². The minimum absolute atomic E-state index is 0.0506. The van der Waals surface area contributed by atoms with Crippen molar-refractivity contribution in [3.8, 4) is 0 Å². The summed E-state index contributed by atoms with van der Waals surface area (Å²) < 4.78 is 4.86. The van der Waals surface area contributed by atoms with Crippen LogP contribution in [0.2, 0.25) is 0 Å². The summed E-state index contributed by atoms with van der Waals surface area (Å²) in [7, 11) is 1.28. The Kier molecular flexibility index (Phi) is 8.14. The van der Waals surface area contributed by atoms with Crippen molar-refractivity contribution in [1.82, 2.24) is 5.32 Å². The summed E-state index contributed by atoms with van der Waals surface area (Å²) in [5, 5.41) is 2.82. The summed E-state index contributed by atoms with van der Waals surface area (Å²) in [5.74, 6) is -0.912. The first-order valence-corrected chi connectivity index (χ1v) is 11.0. The van der Waals surface area contributed by atoms with Crippen LogP contribution in [-0.4, -0.2) is 30.8 Å². The van der Waals surface area contributed by atoms with Crippen molar-refractivity contribution in [1.29, 1.82) is 0 Å². The van der Waals surface area contributed by atoms with Crippen LogP contribution >= 0.6 is 0 Å². The van der Waals surface area contributed by atoms with Crippen molar-refractivity contribution in [2.75, 3.05) is 7.11 Å². The lowest BCUT2D eigenvalue weighted by Crippen LogP contribution is -2.45. The van der Waals surface area contributed by atoms with E-state index in [0.717, 1.165) is 16.7 Å². The third kappa shape index (κ3) is 5.75. The first-order chi connectivity index (χ1) is 16.0. The van der Waals surface area contributed by atoms with Crippen LogP contribution in [0.3, 0.4) is 0 Å². The van der Waals surface area contributed by atoms with Crippen LogP contribution in [0.25, 0.3) is 0 Å². The highest BCUT2D eigenvalue weighted by Crippen LogP contribution is 2.42. The maximum atomic E-state index is 13.5. The van der Waals surface area contributed by atoms with E-state index in [4.69, 9.17) is 4.74 Å². The molecule has 3 rings (SSSR count). The third-order valence-corrected chi connectivity index (χ3v) is 5.83. The second kappa shape index (κ2) is 11.2. The van der Waals surface area contributed by atoms with Crippen molar-refractivity contribution < 1.29 is 19.1 Å². The minimum atomic E-state index is -0.883. The number of ether oxygens (including phenoxy) is 1. The summed E-state index contributed by atoms with van der Waals surface area (Å²) in [6.45, 7) is 1.46. The smallest absolute Gasteiger partial charge is 0.328 e. The lowest BCUT2D eigenvalue weighted by molar-refractivity contribution is -0.145. The molecule has 5 nitrogen and oxygen atoms in total. The SMILES string of the molecule is COC(=O)[C@@H](CCC(C)=O)NC(=O)CC(c1ccccc1)(c1ccccc1)c1ccccc1. The Morgan fingerprint density at radius 1 is 0.788 bits per heavy atom. The maximum Gasteiger partial charge on any atom is 0.328 e. The summed E-state index contributed by atoms with van der Waals surface area (Å²) in [6, 6.07) is 28.8. The van der Waals surface area contributed by atoms with Crippen LogP contribution in [0.5, 0.6) is 0 Å². The average molecular weight is 444 g/mol. The van der Waals surface area contributed by atoms with E-state index in [-0.39, 0.29) is 31.0 Å². The van der Waals surface area contributed by atoms with Crippen molar-refractivity contribution in [3.63, 3.8) is 0 Å². The summed E-state index contributed by atoms with van der Waals surface area (Å²) in [6.07, 6.45) is 0.461. The molecule has 3 aromatic carbocycles. The molecule has 0 aromatic heterocycles. The molecule has 0 aliphatic carbocycles. The molecule has 0 fully saturated rings. The molecule has 5 heteroatoms. The molecule has 0 saturated carbocycles. The number of carbonyl (C=O) groups excluding carboxylic acids is 3. The van der Waals surface area contributed by atoms with E-state index < -0.39 is 17.4 Å². The lowest BCUT2D eigenvalue weighted by atomic mass is 9.67. The number of rotatable bonds is 10. The molecule has 1 N–H and O–H groups in total. The molecule has 33 heavy (non-hydrogen) atoms. The highest BCUT2D eigenvalue weighted by Gasteiger charge is 2.39. The fraction of sp³-hybridized carbons (Fsp3) is 0.250. The number of methoxy groups -OCH3 is 1. The number of benzene rings is 3. The van der Waals surface area contributed by atoms with E-state index in [2.05, 4.69) is 5.32 Å². The van der Waals surface area contributed by atoms with E-state index in [9.17, 15) is 14.4 Å². The second-order valence-electron chi connectivity index (χ2n) is 8.06. The monoisotopic (exact) mass is 443 g/mol. The largest absolute Gasteiger partial charge is 0.467 e. The third-order valence-electron chi connectivity index (χ3n) is 5.83. The number of ketones is 1. The van der Waals surface area contributed by atoms with Crippen LogP contribution in [0, 0.1) is 0 Å². The Balaban J connectivity index is 2.05. The normalized spacial score (nSPS) is 11.9. The number of Topliss-reactive ketones (excluding diaryl/α,β-unsaturated/α-hetero) is 1. The van der Waals surface area contributed by atoms with Crippen molar-refractivity contribution in [3.05, 3.63) is 108 Å². The molecule has 0 radical (unpaired) electrons. The topological polar surface area (TPSA) is 72.5 Å². The van der Waals surface area contributed by atoms with E-state index in [0.29, 0.717) is 0 Å². The van der Waals surface area contributed by atoms with Gasteiger partial charge in [0.25, 0.3) is 0 Å². The molecule has 0 bridgehead atoms. The summed E-state index contributed by atoms with van der Waals surface area (Å²) >= 11 is 0. The van der Waals surface area contributed by atoms with Crippen LogP contribution in [0.15, 0.2) is 91.0 Å². The predicted molar refractivity (Wildman–Crippen MR) is 128 cm³/mol. The number of amides is 1. The Hall–Kier alpha value is -3.73. The van der Waals surface area contributed by atoms with E-state index in [1.54, 1.807) is 0 Å². The second-order valence-corrected chi connectivity index (χ2v) is 8.06. The number of carbonyl (C=O) groups is 3. The van der Waals surface area contributed by atoms with Gasteiger partial charge in [-0.3, -0.25) is 4.79 Å². The van der Waals surface area contributed by atoms with Gasteiger partial charge in [-0.2, -0.15) is 0 Å². The Bertz CT molecular complexity index is 968. The van der Waals surface area contributed by atoms with Gasteiger partial charge >= 0.3 is 5.97 Å². The fourth-order valence-electron chi connectivity index (χ4n) is 4.20. The van der Waals surface area contributed by atoms with Gasteiger partial charge in [0.1, 0.15) is 11.8 Å². The zero-order chi connectivity index (χ0) is 23.7. The highest BCUT2D eigenvalue weighted by atomic mass is 16.5. The van der Waals surface area contributed by atoms with E-state index >= 15 is 0 Å². The van der Waals surface area contributed by atoms with Crippen LogP contribution in [0.4, 0.5) is 0 Å². The number of esters is 1. The molecule has 0 saturated heterocycles. The lowest BCUT2D eigenvalue weighted by Gasteiger charge is -2.36. The maximum absolute atomic E-state index is 13.5. The standard InChI is InChI=1S/C28H29NO4/c1-21(30)18-19-25(27(32)33-2)29-26(31)20-28(22-12-6-3-7-13-22,23-14-8-4-9-15-23)24-16-10-5-11-17-24/h3-17,25H,18-20H2,1-2H3,(H,29,31)/t25-/m1/s1. The Morgan fingerprint density at radius 3 is 1.58 bits per heavy atom. The zero-order valence-corrected chi connectivity index (χ0v) is 19.0. The molecular weight excluding hydrogens is 414 g/mol. The van der Waals surface area contributed by atoms with Crippen molar-refractivity contribution in [2.45, 2.75) is 37.6 Å². The molecule has 0 spiro atoms. The first kappa shape index (κ1) is 23.9. The van der Waals surface area contributed by atoms with Crippen LogP contribution in [0.1, 0.15) is 42.9 Å². The molecule has 1 amide bonds. The number of hydrogen-bond acceptors (Lipinski definition) is 4. The van der Waals surface area contributed by atoms with E-state index in [1.807, 2.05) is 91.0 Å². The Labute approximate surface area is 194 Å². The van der Waals surface area contributed by atoms with Crippen LogP contribution < -0.4 is 5.32 Å². The highest BCUT2D eigenvalue weighted by molar-refractivity contribution is 5.87. The number of nitrogens with one attached hydrogen (secondary N) is 1. The molecule has 0 unspecified atom stereocenters. The molecule has 0 aliphatic heterocycles. The van der Waals surface area contributed by atoms with Gasteiger partial charge in [-0.25, -0.2) is 4.79 Å². The van der Waals surface area contributed by atoms with Gasteiger partial charge in [0, 0.05) is 12.8 Å². The van der Waals surface area contributed by atoms with Gasteiger partial charge in [0.15, 0.2) is 0 Å². The van der Waals surface area contributed by atoms with Gasteiger partial charge in [0.2, 0.25) is 5.91 Å². The molecule has 1 atom stereocenters. The van der Waals surface area contributed by atoms with Gasteiger partial charge in [-0.15, -0.1) is 0 Å². The number of hydrogen-bond donors (Lipinski definition) is 1. The van der Waals surface area contributed by atoms with Crippen molar-refractivity contribution >= 4 is 17.7 Å². The molecular formula is C28H29NO4. The predicted octanol–water partition coefficient (Wildman–Crippen LogP) is 4.44. The Morgan fingerprint density at radius 2 is 1.21 bits per heavy atom. The van der Waals surface area contributed by atoms with E-state index in [1.165, 1.54) is 14.0 Å². The van der Waals surface area contributed by atoms with Crippen molar-refractivity contribution in [2.24, 2.45) is 0 Å². The average Bonchev–Trinajstić information content (AvgIpc) is 2.86.